The Labute approximate surface area is 94.5 Å². The third kappa shape index (κ3) is 2.00. The Morgan fingerprint density at radius 2 is 2.13 bits per heavy atom. The molecule has 0 spiro atoms. The number of piperidine rings is 1. The van der Waals surface area contributed by atoms with Crippen molar-refractivity contribution in [2.75, 3.05) is 18.0 Å². The van der Waals surface area contributed by atoms with Crippen LogP contribution in [0, 0.1) is 5.92 Å². The molecular formula is C11H17N3S. The van der Waals surface area contributed by atoms with Crippen LogP contribution in [0.25, 0.3) is 0 Å². The lowest BCUT2D eigenvalue weighted by Crippen LogP contribution is -2.34. The van der Waals surface area contributed by atoms with E-state index in [4.69, 9.17) is 0 Å². The van der Waals surface area contributed by atoms with Gasteiger partial charge in [0.15, 0.2) is 0 Å². The first kappa shape index (κ1) is 9.58. The van der Waals surface area contributed by atoms with Gasteiger partial charge in [0.05, 0.1) is 0 Å². The Kier molecular flexibility index (Phi) is 2.39. The molecule has 2 aliphatic rings. The Morgan fingerprint density at radius 1 is 1.27 bits per heavy atom. The van der Waals surface area contributed by atoms with Crippen LogP contribution in [0.5, 0.6) is 0 Å². The molecule has 4 heteroatoms. The van der Waals surface area contributed by atoms with E-state index in [2.05, 4.69) is 22.0 Å². The topological polar surface area (TPSA) is 29.0 Å². The van der Waals surface area contributed by atoms with Gasteiger partial charge in [-0.15, -0.1) is 10.2 Å². The number of aromatic nitrogens is 2. The fraction of sp³-hybridized carbons (Fsp3) is 0.818. The van der Waals surface area contributed by atoms with E-state index in [1.54, 1.807) is 0 Å². The Hall–Kier alpha value is -0.640. The van der Waals surface area contributed by atoms with Crippen LogP contribution in [0.4, 0.5) is 5.13 Å². The van der Waals surface area contributed by atoms with Crippen molar-refractivity contribution in [3.05, 3.63) is 5.01 Å². The van der Waals surface area contributed by atoms with E-state index in [1.807, 2.05) is 11.3 Å². The minimum Gasteiger partial charge on any atom is -0.346 e. The normalized spacial score (nSPS) is 27.0. The van der Waals surface area contributed by atoms with E-state index in [0.717, 1.165) is 17.0 Å². The second kappa shape index (κ2) is 3.74. The maximum absolute atomic E-state index is 4.33. The molecule has 1 atom stereocenters. The van der Waals surface area contributed by atoms with Crippen molar-refractivity contribution < 1.29 is 0 Å². The van der Waals surface area contributed by atoms with Crippen molar-refractivity contribution in [2.24, 2.45) is 5.92 Å². The second-order valence-corrected chi connectivity index (χ2v) is 5.88. The van der Waals surface area contributed by atoms with Gasteiger partial charge in [0, 0.05) is 19.0 Å². The van der Waals surface area contributed by atoms with Crippen molar-refractivity contribution in [1.29, 1.82) is 0 Å². The molecule has 3 rings (SSSR count). The molecule has 1 unspecified atom stereocenters. The van der Waals surface area contributed by atoms with Crippen LogP contribution >= 0.6 is 11.3 Å². The summed E-state index contributed by atoms with van der Waals surface area (Å²) in [4.78, 5) is 2.41. The molecule has 0 aromatic carbocycles. The van der Waals surface area contributed by atoms with E-state index in [0.29, 0.717) is 0 Å². The zero-order chi connectivity index (χ0) is 10.3. The Balaban J connectivity index is 1.73. The number of hydrogen-bond donors (Lipinski definition) is 0. The molecule has 0 amide bonds. The summed E-state index contributed by atoms with van der Waals surface area (Å²) >= 11 is 1.82. The summed E-state index contributed by atoms with van der Waals surface area (Å²) < 4.78 is 0. The molecule has 3 nitrogen and oxygen atoms in total. The number of nitrogens with zero attached hydrogens (tertiary/aromatic N) is 3. The molecule has 1 saturated carbocycles. The highest BCUT2D eigenvalue weighted by Gasteiger charge is 2.29. The molecule has 2 heterocycles. The van der Waals surface area contributed by atoms with E-state index >= 15 is 0 Å². The molecule has 0 radical (unpaired) electrons. The molecule has 0 N–H and O–H groups in total. The molecular weight excluding hydrogens is 206 g/mol. The van der Waals surface area contributed by atoms with Gasteiger partial charge in [-0.2, -0.15) is 0 Å². The smallest absolute Gasteiger partial charge is 0.208 e. The molecule has 1 aromatic heterocycles. The molecule has 15 heavy (non-hydrogen) atoms. The summed E-state index contributed by atoms with van der Waals surface area (Å²) in [5, 5.41) is 11.1. The number of hydrogen-bond acceptors (Lipinski definition) is 4. The van der Waals surface area contributed by atoms with Crippen molar-refractivity contribution >= 4 is 16.5 Å². The van der Waals surface area contributed by atoms with Crippen molar-refractivity contribution in [2.45, 2.75) is 38.5 Å². The largest absolute Gasteiger partial charge is 0.346 e. The van der Waals surface area contributed by atoms with E-state index < -0.39 is 0 Å². The monoisotopic (exact) mass is 223 g/mol. The van der Waals surface area contributed by atoms with Crippen LogP contribution in [0.2, 0.25) is 0 Å². The Bertz CT molecular complexity index is 345. The van der Waals surface area contributed by atoms with Crippen LogP contribution < -0.4 is 4.90 Å². The van der Waals surface area contributed by atoms with E-state index in [-0.39, 0.29) is 0 Å². The number of rotatable bonds is 2. The minimum atomic E-state index is 0.749. The molecule has 0 bridgehead atoms. The average Bonchev–Trinajstić information content (AvgIpc) is 2.97. The predicted octanol–water partition coefficient (Wildman–Crippen LogP) is 2.65. The molecule has 1 aromatic rings. The third-order valence-corrected chi connectivity index (χ3v) is 4.43. The van der Waals surface area contributed by atoms with Crippen LogP contribution in [0.15, 0.2) is 0 Å². The summed E-state index contributed by atoms with van der Waals surface area (Å²) in [6, 6.07) is 0. The first-order valence-corrected chi connectivity index (χ1v) is 6.73. The highest BCUT2D eigenvalue weighted by Crippen LogP contribution is 2.42. The molecule has 82 valence electrons. The van der Waals surface area contributed by atoms with Crippen LogP contribution in [-0.4, -0.2) is 23.3 Å². The van der Waals surface area contributed by atoms with E-state index in [9.17, 15) is 0 Å². The fourth-order valence-electron chi connectivity index (χ4n) is 2.21. The highest BCUT2D eigenvalue weighted by molar-refractivity contribution is 7.15. The van der Waals surface area contributed by atoms with Crippen LogP contribution in [0.1, 0.15) is 43.5 Å². The quantitative estimate of drug-likeness (QED) is 0.772. The average molecular weight is 223 g/mol. The van der Waals surface area contributed by atoms with Crippen LogP contribution in [0.3, 0.4) is 0 Å². The Morgan fingerprint density at radius 3 is 2.87 bits per heavy atom. The number of anilines is 1. The summed E-state index contributed by atoms with van der Waals surface area (Å²) in [5.74, 6) is 1.56. The molecule has 1 saturated heterocycles. The van der Waals surface area contributed by atoms with Gasteiger partial charge >= 0.3 is 0 Å². The summed E-state index contributed by atoms with van der Waals surface area (Å²) in [6.07, 6.45) is 5.32. The highest BCUT2D eigenvalue weighted by atomic mass is 32.1. The first-order valence-electron chi connectivity index (χ1n) is 5.91. The van der Waals surface area contributed by atoms with Gasteiger partial charge in [-0.05, 0) is 31.6 Å². The van der Waals surface area contributed by atoms with Gasteiger partial charge in [-0.25, -0.2) is 0 Å². The first-order chi connectivity index (χ1) is 7.33. The van der Waals surface area contributed by atoms with Crippen molar-refractivity contribution in [3.63, 3.8) is 0 Å². The fourth-order valence-corrected chi connectivity index (χ4v) is 3.26. The lowest BCUT2D eigenvalue weighted by atomic mass is 10.0. The summed E-state index contributed by atoms with van der Waals surface area (Å²) in [5.41, 5.74) is 0. The predicted molar refractivity (Wildman–Crippen MR) is 62.5 cm³/mol. The molecule has 1 aliphatic carbocycles. The lowest BCUT2D eigenvalue weighted by Gasteiger charge is -2.30. The third-order valence-electron chi connectivity index (χ3n) is 3.28. The second-order valence-electron chi connectivity index (χ2n) is 4.89. The van der Waals surface area contributed by atoms with Crippen LogP contribution in [-0.2, 0) is 0 Å². The minimum absolute atomic E-state index is 0.749. The van der Waals surface area contributed by atoms with Gasteiger partial charge < -0.3 is 4.90 Å². The van der Waals surface area contributed by atoms with Gasteiger partial charge in [0.2, 0.25) is 5.13 Å². The van der Waals surface area contributed by atoms with Gasteiger partial charge in [-0.1, -0.05) is 18.3 Å². The standard InChI is InChI=1S/C11H17N3S/c1-8-3-2-6-14(7-8)11-13-12-10(15-11)9-4-5-9/h8-9H,2-7H2,1H3. The van der Waals surface area contributed by atoms with Crippen molar-refractivity contribution in [1.82, 2.24) is 10.2 Å². The van der Waals surface area contributed by atoms with E-state index in [1.165, 1.54) is 43.8 Å². The summed E-state index contributed by atoms with van der Waals surface area (Å²) in [7, 11) is 0. The van der Waals surface area contributed by atoms with Gasteiger partial charge in [-0.3, -0.25) is 0 Å². The summed E-state index contributed by atoms with van der Waals surface area (Å²) in [6.45, 7) is 4.66. The SMILES string of the molecule is CC1CCCN(c2nnc(C3CC3)s2)C1. The van der Waals surface area contributed by atoms with Gasteiger partial charge in [0.1, 0.15) is 5.01 Å². The molecule has 2 fully saturated rings. The maximum Gasteiger partial charge on any atom is 0.208 e. The lowest BCUT2D eigenvalue weighted by molar-refractivity contribution is 0.446. The zero-order valence-electron chi connectivity index (χ0n) is 9.15. The molecule has 1 aliphatic heterocycles. The van der Waals surface area contributed by atoms with Gasteiger partial charge in [0.25, 0.3) is 0 Å². The zero-order valence-corrected chi connectivity index (χ0v) is 9.96. The maximum atomic E-state index is 4.33. The van der Waals surface area contributed by atoms with Crippen molar-refractivity contribution in [3.8, 4) is 0 Å².